The van der Waals surface area contributed by atoms with Crippen LogP contribution in [-0.4, -0.2) is 39.9 Å². The molecule has 8 heteroatoms. The lowest BCUT2D eigenvalue weighted by Gasteiger charge is -2.34. The Bertz CT molecular complexity index is 633. The summed E-state index contributed by atoms with van der Waals surface area (Å²) in [5.74, 6) is -4.05. The second-order valence-electron chi connectivity index (χ2n) is 9.45. The summed E-state index contributed by atoms with van der Waals surface area (Å²) in [6, 6.07) is 0. The molecule has 0 aliphatic rings. The van der Waals surface area contributed by atoms with E-state index < -0.39 is 39.1 Å². The number of unbranched alkanes of at least 4 members (excludes halogenated alkanes) is 14. The Hall–Kier alpha value is -1.15. The van der Waals surface area contributed by atoms with Crippen LogP contribution in [0.3, 0.4) is 0 Å². The zero-order valence-corrected chi connectivity index (χ0v) is 21.7. The van der Waals surface area contributed by atoms with Crippen molar-refractivity contribution in [2.45, 2.75) is 141 Å². The van der Waals surface area contributed by atoms with Gasteiger partial charge in [0.15, 0.2) is 4.75 Å². The fourth-order valence-electron chi connectivity index (χ4n) is 4.69. The van der Waals surface area contributed by atoms with Crippen LogP contribution in [0.1, 0.15) is 136 Å². The van der Waals surface area contributed by atoms with Gasteiger partial charge in [0, 0.05) is 5.92 Å². The van der Waals surface area contributed by atoms with Crippen LogP contribution < -0.4 is 0 Å². The van der Waals surface area contributed by atoms with Gasteiger partial charge in [-0.05, 0) is 12.8 Å². The third-order valence-corrected chi connectivity index (χ3v) is 8.34. The zero-order valence-electron chi connectivity index (χ0n) is 20.9. The lowest BCUT2D eigenvalue weighted by molar-refractivity contribution is -0.144. The smallest absolute Gasteiger partial charge is 0.327 e. The van der Waals surface area contributed by atoms with Gasteiger partial charge >= 0.3 is 11.9 Å². The number of hydrogen-bond donors (Lipinski definition) is 3. The Morgan fingerprint density at radius 1 is 0.697 bits per heavy atom. The van der Waals surface area contributed by atoms with E-state index in [1.807, 2.05) is 0 Å². The minimum atomic E-state index is -5.00. The molecule has 33 heavy (non-hydrogen) atoms. The minimum absolute atomic E-state index is 0.157. The molecule has 2 unspecified atom stereocenters. The number of carboxylic acid groups (broad SMARTS) is 2. The van der Waals surface area contributed by atoms with Gasteiger partial charge in [0.05, 0.1) is 6.42 Å². The van der Waals surface area contributed by atoms with Crippen LogP contribution in [0.5, 0.6) is 0 Å². The van der Waals surface area contributed by atoms with E-state index in [1.165, 1.54) is 25.7 Å². The standard InChI is InChI=1S/C25H48O7S/c1-3-5-7-9-11-13-15-17-19-22(21-23(26)27)25(24(28)29,33(30,31)32)20-18-16-14-12-10-8-6-4-2/h22H,3-21H2,1-2H3,(H,26,27)(H,28,29)(H,30,31,32). The van der Waals surface area contributed by atoms with Crippen LogP contribution in [0.25, 0.3) is 0 Å². The van der Waals surface area contributed by atoms with Gasteiger partial charge in [-0.2, -0.15) is 8.42 Å². The predicted octanol–water partition coefficient (Wildman–Crippen LogP) is 6.85. The molecular formula is C25H48O7S. The first-order valence-electron chi connectivity index (χ1n) is 13.1. The second-order valence-corrected chi connectivity index (χ2v) is 11.1. The third-order valence-electron chi connectivity index (χ3n) is 6.71. The van der Waals surface area contributed by atoms with Crippen molar-refractivity contribution >= 4 is 22.1 Å². The van der Waals surface area contributed by atoms with Crippen LogP contribution in [0.2, 0.25) is 0 Å². The summed E-state index contributed by atoms with van der Waals surface area (Å²) >= 11 is 0. The van der Waals surface area contributed by atoms with Crippen LogP contribution in [0.15, 0.2) is 0 Å². The molecule has 0 aliphatic carbocycles. The molecule has 0 radical (unpaired) electrons. The topological polar surface area (TPSA) is 129 Å². The highest BCUT2D eigenvalue weighted by molar-refractivity contribution is 7.88. The molecule has 0 fully saturated rings. The van der Waals surface area contributed by atoms with Crippen molar-refractivity contribution in [3.8, 4) is 0 Å². The fourth-order valence-corrected chi connectivity index (χ4v) is 5.94. The molecule has 0 amide bonds. The summed E-state index contributed by atoms with van der Waals surface area (Å²) in [6.45, 7) is 4.29. The van der Waals surface area contributed by atoms with Gasteiger partial charge < -0.3 is 10.2 Å². The van der Waals surface area contributed by atoms with Gasteiger partial charge in [-0.1, -0.05) is 117 Å². The van der Waals surface area contributed by atoms with Crippen molar-refractivity contribution in [2.75, 3.05) is 0 Å². The van der Waals surface area contributed by atoms with E-state index in [4.69, 9.17) is 0 Å². The Kier molecular flexibility index (Phi) is 17.6. The summed E-state index contributed by atoms with van der Waals surface area (Å²) in [6.07, 6.45) is 14.8. The number of aliphatic carboxylic acids is 2. The van der Waals surface area contributed by atoms with Crippen molar-refractivity contribution < 1.29 is 32.8 Å². The molecule has 0 spiro atoms. The molecule has 196 valence electrons. The van der Waals surface area contributed by atoms with E-state index in [0.29, 0.717) is 19.3 Å². The maximum absolute atomic E-state index is 12.4. The highest BCUT2D eigenvalue weighted by Crippen LogP contribution is 2.38. The lowest BCUT2D eigenvalue weighted by atomic mass is 9.80. The monoisotopic (exact) mass is 492 g/mol. The highest BCUT2D eigenvalue weighted by atomic mass is 32.2. The normalized spacial score (nSPS) is 14.6. The fraction of sp³-hybridized carbons (Fsp3) is 0.920. The molecule has 0 heterocycles. The SMILES string of the molecule is CCCCCCCCCCC(CC(=O)O)C(CCCCCCCCCC)(C(=O)O)S(=O)(=O)O. The van der Waals surface area contributed by atoms with E-state index >= 15 is 0 Å². The van der Waals surface area contributed by atoms with Crippen molar-refractivity contribution in [1.29, 1.82) is 0 Å². The van der Waals surface area contributed by atoms with Crippen LogP contribution >= 0.6 is 0 Å². The number of hydrogen-bond acceptors (Lipinski definition) is 4. The Balaban J connectivity index is 5.07. The molecular weight excluding hydrogens is 444 g/mol. The van der Waals surface area contributed by atoms with Crippen molar-refractivity contribution in [2.24, 2.45) is 5.92 Å². The number of rotatable bonds is 23. The Labute approximate surface area is 201 Å². The molecule has 0 aromatic heterocycles. The summed E-state index contributed by atoms with van der Waals surface area (Å²) in [4.78, 5) is 23.7. The maximum Gasteiger partial charge on any atom is 0.327 e. The first-order valence-corrected chi connectivity index (χ1v) is 14.5. The quantitative estimate of drug-likeness (QED) is 0.105. The van der Waals surface area contributed by atoms with Crippen LogP contribution in [-0.2, 0) is 19.7 Å². The first-order chi connectivity index (χ1) is 15.6. The summed E-state index contributed by atoms with van der Waals surface area (Å²) in [7, 11) is -5.00. The third kappa shape index (κ3) is 12.8. The highest BCUT2D eigenvalue weighted by Gasteiger charge is 2.56. The molecule has 2 atom stereocenters. The van der Waals surface area contributed by atoms with Crippen molar-refractivity contribution in [3.05, 3.63) is 0 Å². The Morgan fingerprint density at radius 3 is 1.45 bits per heavy atom. The predicted molar refractivity (Wildman–Crippen MR) is 132 cm³/mol. The molecule has 0 bridgehead atoms. The molecule has 0 saturated heterocycles. The molecule has 0 aromatic rings. The molecule has 0 rings (SSSR count). The van der Waals surface area contributed by atoms with E-state index in [1.54, 1.807) is 0 Å². The molecule has 0 aromatic carbocycles. The van der Waals surface area contributed by atoms with E-state index in [9.17, 15) is 32.8 Å². The Morgan fingerprint density at radius 2 is 1.09 bits per heavy atom. The first kappa shape index (κ1) is 31.9. The summed E-state index contributed by atoms with van der Waals surface area (Å²) in [5, 5.41) is 19.3. The van der Waals surface area contributed by atoms with Gasteiger partial charge in [-0.3, -0.25) is 14.1 Å². The van der Waals surface area contributed by atoms with E-state index in [2.05, 4.69) is 13.8 Å². The van der Waals surface area contributed by atoms with Crippen molar-refractivity contribution in [3.63, 3.8) is 0 Å². The van der Waals surface area contributed by atoms with Crippen LogP contribution in [0, 0.1) is 5.92 Å². The number of carboxylic acids is 2. The summed E-state index contributed by atoms with van der Waals surface area (Å²) in [5.41, 5.74) is 0. The van der Waals surface area contributed by atoms with Gasteiger partial charge in [-0.25, -0.2) is 0 Å². The number of carbonyl (C=O) groups is 2. The molecule has 3 N–H and O–H groups in total. The molecule has 7 nitrogen and oxygen atoms in total. The zero-order chi connectivity index (χ0) is 25.2. The maximum atomic E-state index is 12.4. The van der Waals surface area contributed by atoms with E-state index in [-0.39, 0.29) is 12.8 Å². The van der Waals surface area contributed by atoms with Gasteiger partial charge in [-0.15, -0.1) is 0 Å². The van der Waals surface area contributed by atoms with Crippen molar-refractivity contribution in [1.82, 2.24) is 0 Å². The second kappa shape index (κ2) is 18.2. The lowest BCUT2D eigenvalue weighted by Crippen LogP contribution is -2.53. The minimum Gasteiger partial charge on any atom is -0.481 e. The van der Waals surface area contributed by atoms with Gasteiger partial charge in [0.25, 0.3) is 10.1 Å². The van der Waals surface area contributed by atoms with E-state index in [0.717, 1.165) is 57.8 Å². The molecule has 0 aliphatic heterocycles. The summed E-state index contributed by atoms with van der Waals surface area (Å²) < 4.78 is 32.3. The van der Waals surface area contributed by atoms with Gasteiger partial charge in [0.2, 0.25) is 0 Å². The average molecular weight is 493 g/mol. The van der Waals surface area contributed by atoms with Gasteiger partial charge in [0.1, 0.15) is 0 Å². The largest absolute Gasteiger partial charge is 0.481 e. The molecule has 0 saturated carbocycles. The average Bonchev–Trinajstić information content (AvgIpc) is 2.72. The van der Waals surface area contributed by atoms with Crippen LogP contribution in [0.4, 0.5) is 0 Å².